The number of rotatable bonds is 4. The normalized spacial score (nSPS) is 10.3. The van der Waals surface area contributed by atoms with Gasteiger partial charge < -0.3 is 14.6 Å². The highest BCUT2D eigenvalue weighted by Gasteiger charge is 2.08. The summed E-state index contributed by atoms with van der Waals surface area (Å²) < 4.78 is 5.03. The Balaban J connectivity index is 2.08. The Hall–Kier alpha value is -3.34. The van der Waals surface area contributed by atoms with E-state index in [0.29, 0.717) is 22.6 Å². The Morgan fingerprint density at radius 3 is 2.83 bits per heavy atom. The number of nitrogens with zero attached hydrogens (tertiary/aromatic N) is 4. The Morgan fingerprint density at radius 2 is 2.22 bits per heavy atom. The number of carbonyl (C=O) groups is 1. The van der Waals surface area contributed by atoms with E-state index in [0.717, 1.165) is 0 Å². The number of nitriles is 1. The molecular formula is C15H16N6O2. The molecule has 0 saturated heterocycles. The molecule has 0 saturated carbocycles. The summed E-state index contributed by atoms with van der Waals surface area (Å²) in [7, 11) is 3.67. The Labute approximate surface area is 133 Å². The lowest BCUT2D eigenvalue weighted by Crippen LogP contribution is -2.19. The molecular weight excluding hydrogens is 296 g/mol. The number of hydrogen-bond acceptors (Lipinski definition) is 5. The van der Waals surface area contributed by atoms with E-state index in [1.807, 2.05) is 14.1 Å². The third-order valence-corrected chi connectivity index (χ3v) is 2.64. The number of aromatic nitrogens is 1. The molecule has 2 amide bonds. The zero-order chi connectivity index (χ0) is 16.8. The van der Waals surface area contributed by atoms with Gasteiger partial charge in [0.2, 0.25) is 0 Å². The van der Waals surface area contributed by atoms with Crippen molar-refractivity contribution < 1.29 is 9.21 Å². The average molecular weight is 312 g/mol. The lowest BCUT2D eigenvalue weighted by molar-refractivity contribution is 0.261. The monoisotopic (exact) mass is 312 g/mol. The van der Waals surface area contributed by atoms with Crippen LogP contribution in [0, 0.1) is 18.3 Å². The molecule has 2 aromatic rings. The summed E-state index contributed by atoms with van der Waals surface area (Å²) in [5.74, 6) is 0. The van der Waals surface area contributed by atoms with Crippen LogP contribution in [0.1, 0.15) is 11.3 Å². The van der Waals surface area contributed by atoms with Crippen molar-refractivity contribution >= 4 is 29.8 Å². The predicted octanol–water partition coefficient (Wildman–Crippen LogP) is 2.72. The van der Waals surface area contributed by atoms with Crippen LogP contribution < -0.4 is 10.6 Å². The number of hydrogen-bond donors (Lipinski definition) is 2. The molecule has 2 rings (SSSR count). The number of oxazole rings is 1. The fourth-order valence-electron chi connectivity index (χ4n) is 1.66. The summed E-state index contributed by atoms with van der Waals surface area (Å²) in [4.78, 5) is 21.8. The fourth-order valence-corrected chi connectivity index (χ4v) is 1.66. The van der Waals surface area contributed by atoms with Crippen LogP contribution in [-0.2, 0) is 0 Å². The minimum atomic E-state index is -0.514. The molecule has 0 fully saturated rings. The van der Waals surface area contributed by atoms with Crippen molar-refractivity contribution in [2.24, 2.45) is 4.99 Å². The quantitative estimate of drug-likeness (QED) is 0.667. The molecule has 0 atom stereocenters. The van der Waals surface area contributed by atoms with Crippen LogP contribution in [-0.4, -0.2) is 36.3 Å². The van der Waals surface area contributed by atoms with Gasteiger partial charge in [0.25, 0.3) is 0 Å². The molecule has 118 valence electrons. The van der Waals surface area contributed by atoms with Crippen molar-refractivity contribution in [1.29, 1.82) is 5.26 Å². The molecule has 0 spiro atoms. The molecule has 1 heterocycles. The summed E-state index contributed by atoms with van der Waals surface area (Å²) in [5, 5.41) is 14.2. The van der Waals surface area contributed by atoms with E-state index in [-0.39, 0.29) is 6.01 Å². The van der Waals surface area contributed by atoms with Crippen LogP contribution >= 0.6 is 0 Å². The molecule has 0 aliphatic carbocycles. The van der Waals surface area contributed by atoms with E-state index in [9.17, 15) is 10.1 Å². The minimum absolute atomic E-state index is 0.104. The molecule has 1 aromatic heterocycles. The first kappa shape index (κ1) is 16.0. The van der Waals surface area contributed by atoms with Gasteiger partial charge in [-0.15, -0.1) is 0 Å². The van der Waals surface area contributed by atoms with Crippen LogP contribution in [0.5, 0.6) is 0 Å². The maximum absolute atomic E-state index is 11.8. The third kappa shape index (κ3) is 4.57. The lowest BCUT2D eigenvalue weighted by Gasteiger charge is -2.07. The number of amides is 2. The standard InChI is InChI=1S/C15H16N6O2/c1-10-8-23-15(18-10)20-14(22)19-12-4-5-13(11(6-12)7-16)17-9-21(2)3/h4-6,8-9H,1-3H3,(H2,18,19,20,22)/b17-9+. The highest BCUT2D eigenvalue weighted by atomic mass is 16.4. The number of aryl methyl sites for hydroxylation is 1. The smallest absolute Gasteiger partial charge is 0.327 e. The topological polar surface area (TPSA) is 107 Å². The fraction of sp³-hybridized carbons (Fsp3) is 0.200. The number of nitrogens with one attached hydrogen (secondary N) is 2. The van der Waals surface area contributed by atoms with E-state index < -0.39 is 6.03 Å². The number of benzene rings is 1. The highest BCUT2D eigenvalue weighted by Crippen LogP contribution is 2.22. The zero-order valence-electron chi connectivity index (χ0n) is 13.0. The summed E-state index contributed by atoms with van der Waals surface area (Å²) >= 11 is 0. The lowest BCUT2D eigenvalue weighted by atomic mass is 10.2. The molecule has 8 nitrogen and oxygen atoms in total. The molecule has 23 heavy (non-hydrogen) atoms. The summed E-state index contributed by atoms with van der Waals surface area (Å²) in [5.41, 5.74) is 2.00. The number of anilines is 2. The maximum atomic E-state index is 11.8. The molecule has 8 heteroatoms. The maximum Gasteiger partial charge on any atom is 0.327 e. The van der Waals surface area contributed by atoms with Crippen LogP contribution in [0.15, 0.2) is 33.9 Å². The third-order valence-electron chi connectivity index (χ3n) is 2.64. The first-order chi connectivity index (χ1) is 11.0. The molecule has 0 aliphatic heterocycles. The van der Waals surface area contributed by atoms with Gasteiger partial charge in [-0.1, -0.05) is 0 Å². The van der Waals surface area contributed by atoms with E-state index >= 15 is 0 Å². The second-order valence-electron chi connectivity index (χ2n) is 4.93. The minimum Gasteiger partial charge on any atom is -0.432 e. The average Bonchev–Trinajstić information content (AvgIpc) is 2.90. The molecule has 0 unspecified atom stereocenters. The molecule has 2 N–H and O–H groups in total. The summed E-state index contributed by atoms with van der Waals surface area (Å²) in [6.45, 7) is 1.75. The molecule has 0 bridgehead atoms. The SMILES string of the molecule is Cc1coc(NC(=O)Nc2ccc(/N=C/N(C)C)c(C#N)c2)n1. The van der Waals surface area contributed by atoms with Gasteiger partial charge in [0.1, 0.15) is 12.3 Å². The van der Waals surface area contributed by atoms with Gasteiger partial charge in [0.15, 0.2) is 0 Å². The van der Waals surface area contributed by atoms with E-state index in [2.05, 4.69) is 26.7 Å². The molecule has 0 aliphatic rings. The molecule has 0 radical (unpaired) electrons. The Bertz CT molecular complexity index is 773. The largest absolute Gasteiger partial charge is 0.432 e. The van der Waals surface area contributed by atoms with Gasteiger partial charge in [0.05, 0.1) is 23.3 Å². The first-order valence-electron chi connectivity index (χ1n) is 6.73. The van der Waals surface area contributed by atoms with Crippen molar-refractivity contribution in [3.8, 4) is 6.07 Å². The van der Waals surface area contributed by atoms with Crippen LogP contribution in [0.2, 0.25) is 0 Å². The second-order valence-corrected chi connectivity index (χ2v) is 4.93. The highest BCUT2D eigenvalue weighted by molar-refractivity contribution is 5.98. The summed E-state index contributed by atoms with van der Waals surface area (Å²) in [6, 6.07) is 6.50. The van der Waals surface area contributed by atoms with Crippen molar-refractivity contribution in [3.63, 3.8) is 0 Å². The van der Waals surface area contributed by atoms with Crippen molar-refractivity contribution in [2.45, 2.75) is 6.92 Å². The first-order valence-corrected chi connectivity index (χ1v) is 6.73. The number of urea groups is 1. The van der Waals surface area contributed by atoms with Crippen LogP contribution in [0.4, 0.5) is 22.2 Å². The van der Waals surface area contributed by atoms with Gasteiger partial charge in [-0.05, 0) is 25.1 Å². The van der Waals surface area contributed by atoms with Crippen molar-refractivity contribution in [1.82, 2.24) is 9.88 Å². The van der Waals surface area contributed by atoms with E-state index in [1.165, 1.54) is 6.26 Å². The predicted molar refractivity (Wildman–Crippen MR) is 86.9 cm³/mol. The van der Waals surface area contributed by atoms with Crippen molar-refractivity contribution in [2.75, 3.05) is 24.7 Å². The van der Waals surface area contributed by atoms with Gasteiger partial charge in [0, 0.05) is 19.8 Å². The Morgan fingerprint density at radius 1 is 1.43 bits per heavy atom. The van der Waals surface area contributed by atoms with E-state index in [4.69, 9.17) is 4.42 Å². The Kier molecular flexibility index (Phi) is 4.94. The van der Waals surface area contributed by atoms with Gasteiger partial charge in [-0.25, -0.2) is 9.79 Å². The van der Waals surface area contributed by atoms with Crippen LogP contribution in [0.25, 0.3) is 0 Å². The van der Waals surface area contributed by atoms with Crippen molar-refractivity contribution in [3.05, 3.63) is 35.7 Å². The number of carbonyl (C=O) groups excluding carboxylic acids is 1. The summed E-state index contributed by atoms with van der Waals surface area (Å²) in [6.07, 6.45) is 3.03. The van der Waals surface area contributed by atoms with Gasteiger partial charge in [-0.3, -0.25) is 5.32 Å². The molecule has 1 aromatic carbocycles. The van der Waals surface area contributed by atoms with Gasteiger partial charge in [-0.2, -0.15) is 10.2 Å². The number of aliphatic imine (C=N–C) groups is 1. The van der Waals surface area contributed by atoms with Gasteiger partial charge >= 0.3 is 12.0 Å². The van der Waals surface area contributed by atoms with E-state index in [1.54, 1.807) is 36.4 Å². The second kappa shape index (κ2) is 7.09. The zero-order valence-corrected chi connectivity index (χ0v) is 13.0. The van der Waals surface area contributed by atoms with Crippen LogP contribution in [0.3, 0.4) is 0 Å².